The largest absolute Gasteiger partial charge is 0.463 e. The molecule has 0 saturated heterocycles. The van der Waals surface area contributed by atoms with Gasteiger partial charge in [0.1, 0.15) is 5.91 Å². The van der Waals surface area contributed by atoms with Crippen LogP contribution in [-0.4, -0.2) is 44.6 Å². The van der Waals surface area contributed by atoms with Gasteiger partial charge in [0.2, 0.25) is 0 Å². The average molecular weight is 321 g/mol. The Balaban J connectivity index is 4.20. The summed E-state index contributed by atoms with van der Waals surface area (Å²) >= 11 is 0. The minimum absolute atomic E-state index is 0.0410. The molecule has 0 aromatic carbocycles. The molecule has 0 aromatic rings. The Labute approximate surface area is 121 Å². The van der Waals surface area contributed by atoms with Gasteiger partial charge in [-0.25, -0.2) is 4.79 Å². The van der Waals surface area contributed by atoms with E-state index in [4.69, 9.17) is 13.6 Å². The number of esters is 1. The van der Waals surface area contributed by atoms with Crippen LogP contribution in [0.2, 0.25) is 45.3 Å². The van der Waals surface area contributed by atoms with E-state index in [1.807, 2.05) is 0 Å². The predicted molar refractivity (Wildman–Crippen MR) is 87.2 cm³/mol. The molecule has 0 aliphatic rings. The van der Waals surface area contributed by atoms with E-state index in [1.54, 1.807) is 0 Å². The summed E-state index contributed by atoms with van der Waals surface area (Å²) in [5.41, 5.74) is 0. The van der Waals surface area contributed by atoms with E-state index in [9.17, 15) is 4.79 Å². The lowest BCUT2D eigenvalue weighted by molar-refractivity contribution is -0.137. The standard InChI is InChI=1S/C12H28O4Si3/c1-8-11(13)14-9-10-17-12(15-18(2,3)4)16-19(5,6)7/h8,12H,1,9-10,17H2,2-7H3. The van der Waals surface area contributed by atoms with Gasteiger partial charge in [-0.05, 0) is 45.3 Å². The third-order valence-corrected chi connectivity index (χ3v) is 6.07. The Hall–Kier alpha value is -0.219. The van der Waals surface area contributed by atoms with Crippen molar-refractivity contribution in [1.29, 1.82) is 0 Å². The first-order valence-electron chi connectivity index (χ1n) is 6.68. The minimum atomic E-state index is -1.60. The number of hydrogen-bond acceptors (Lipinski definition) is 4. The summed E-state index contributed by atoms with van der Waals surface area (Å²) in [4.78, 5) is 10.9. The average Bonchev–Trinajstić information content (AvgIpc) is 2.19. The molecule has 0 atom stereocenters. The number of carbonyl (C=O) groups is 1. The topological polar surface area (TPSA) is 44.8 Å². The molecule has 0 saturated carbocycles. The Morgan fingerprint density at radius 3 is 2.00 bits per heavy atom. The zero-order chi connectivity index (χ0) is 15.1. The molecule has 0 amide bonds. The van der Waals surface area contributed by atoms with Crippen LogP contribution >= 0.6 is 0 Å². The van der Waals surface area contributed by atoms with Crippen molar-refractivity contribution in [2.24, 2.45) is 0 Å². The molecule has 4 nitrogen and oxygen atoms in total. The van der Waals surface area contributed by atoms with Crippen LogP contribution in [0, 0.1) is 0 Å². The first kappa shape index (κ1) is 18.8. The van der Waals surface area contributed by atoms with Gasteiger partial charge in [-0.15, -0.1) is 0 Å². The molecule has 0 rings (SSSR count). The SMILES string of the molecule is C=CC(=O)OCC[SiH2]C(O[Si](C)(C)C)O[Si](C)(C)C. The maximum Gasteiger partial charge on any atom is 0.330 e. The van der Waals surface area contributed by atoms with E-state index in [-0.39, 0.29) is 11.9 Å². The second kappa shape index (κ2) is 8.15. The van der Waals surface area contributed by atoms with E-state index in [0.29, 0.717) is 6.61 Å². The summed E-state index contributed by atoms with van der Waals surface area (Å²) in [6.45, 7) is 16.8. The van der Waals surface area contributed by atoms with E-state index in [1.165, 1.54) is 6.08 Å². The highest BCUT2D eigenvalue weighted by Gasteiger charge is 2.26. The summed E-state index contributed by atoms with van der Waals surface area (Å²) in [6, 6.07) is 0.874. The van der Waals surface area contributed by atoms with Crippen molar-refractivity contribution in [1.82, 2.24) is 0 Å². The first-order valence-corrected chi connectivity index (χ1v) is 15.3. The van der Waals surface area contributed by atoms with Gasteiger partial charge >= 0.3 is 5.97 Å². The van der Waals surface area contributed by atoms with Gasteiger partial charge in [-0.3, -0.25) is 0 Å². The number of rotatable bonds is 9. The quantitative estimate of drug-likeness (QED) is 0.215. The molecule has 0 aromatic heterocycles. The number of carbonyl (C=O) groups excluding carboxylic acids is 1. The second-order valence-corrected chi connectivity index (χ2v) is 17.3. The highest BCUT2D eigenvalue weighted by molar-refractivity contribution is 6.71. The van der Waals surface area contributed by atoms with Crippen LogP contribution in [0.5, 0.6) is 0 Å². The Kier molecular flexibility index (Phi) is 8.06. The molecular weight excluding hydrogens is 292 g/mol. The molecule has 7 heteroatoms. The molecule has 0 fully saturated rings. The lowest BCUT2D eigenvalue weighted by Gasteiger charge is -2.31. The zero-order valence-electron chi connectivity index (χ0n) is 13.1. The van der Waals surface area contributed by atoms with E-state index in [2.05, 4.69) is 45.9 Å². The van der Waals surface area contributed by atoms with E-state index >= 15 is 0 Å². The molecule has 0 N–H and O–H groups in total. The summed E-state index contributed by atoms with van der Waals surface area (Å²) in [5.74, 6) is -0.399. The van der Waals surface area contributed by atoms with Crippen molar-refractivity contribution >= 4 is 32.1 Å². The fourth-order valence-electron chi connectivity index (χ4n) is 1.41. The predicted octanol–water partition coefficient (Wildman–Crippen LogP) is 2.29. The van der Waals surface area contributed by atoms with Crippen LogP contribution in [-0.2, 0) is 18.4 Å². The monoisotopic (exact) mass is 320 g/mol. The maximum atomic E-state index is 10.9. The summed E-state index contributed by atoms with van der Waals surface area (Å²) in [7, 11) is -3.77. The van der Waals surface area contributed by atoms with Crippen LogP contribution in [0.3, 0.4) is 0 Å². The normalized spacial score (nSPS) is 13.2. The first-order chi connectivity index (χ1) is 8.53. The van der Waals surface area contributed by atoms with Gasteiger partial charge in [-0.1, -0.05) is 6.58 Å². The molecule has 0 spiro atoms. The van der Waals surface area contributed by atoms with Gasteiger partial charge in [0.25, 0.3) is 0 Å². The Morgan fingerprint density at radius 2 is 1.63 bits per heavy atom. The molecule has 112 valence electrons. The third-order valence-electron chi connectivity index (χ3n) is 1.97. The molecular formula is C12H28O4Si3. The molecule has 0 bridgehead atoms. The highest BCUT2D eigenvalue weighted by atomic mass is 28.4. The number of ether oxygens (including phenoxy) is 1. The van der Waals surface area contributed by atoms with Gasteiger partial charge in [-0.2, -0.15) is 0 Å². The van der Waals surface area contributed by atoms with Crippen molar-refractivity contribution in [3.8, 4) is 0 Å². The highest BCUT2D eigenvalue weighted by Crippen LogP contribution is 2.14. The van der Waals surface area contributed by atoms with Crippen molar-refractivity contribution < 1.29 is 18.4 Å². The van der Waals surface area contributed by atoms with E-state index in [0.717, 1.165) is 6.04 Å². The molecule has 0 aliphatic carbocycles. The van der Waals surface area contributed by atoms with Gasteiger partial charge in [0.05, 0.1) is 16.1 Å². The third kappa shape index (κ3) is 12.6. The smallest absolute Gasteiger partial charge is 0.330 e. The van der Waals surface area contributed by atoms with Crippen LogP contribution in [0.25, 0.3) is 0 Å². The summed E-state index contributed by atoms with van der Waals surface area (Å²) in [5, 5.41) is 0. The fourth-order valence-corrected chi connectivity index (χ4v) is 7.77. The van der Waals surface area contributed by atoms with Crippen molar-refractivity contribution in [3.05, 3.63) is 12.7 Å². The number of hydrogen-bond donors (Lipinski definition) is 0. The molecule has 19 heavy (non-hydrogen) atoms. The van der Waals surface area contributed by atoms with E-state index < -0.39 is 26.2 Å². The minimum Gasteiger partial charge on any atom is -0.463 e. The van der Waals surface area contributed by atoms with Crippen molar-refractivity contribution in [2.45, 2.75) is 51.2 Å². The van der Waals surface area contributed by atoms with Gasteiger partial charge in [0.15, 0.2) is 16.6 Å². The Bertz CT molecular complexity index is 278. The van der Waals surface area contributed by atoms with Crippen LogP contribution in [0.4, 0.5) is 0 Å². The summed E-state index contributed by atoms with van der Waals surface area (Å²) in [6.07, 6.45) is 1.19. The lowest BCUT2D eigenvalue weighted by atomic mass is 10.6. The second-order valence-electron chi connectivity index (χ2n) is 6.40. The molecule has 0 unspecified atom stereocenters. The van der Waals surface area contributed by atoms with Gasteiger partial charge < -0.3 is 13.6 Å². The molecule has 0 aliphatic heterocycles. The van der Waals surface area contributed by atoms with Crippen LogP contribution in [0.15, 0.2) is 12.7 Å². The van der Waals surface area contributed by atoms with Gasteiger partial charge in [0, 0.05) is 6.08 Å². The lowest BCUT2D eigenvalue weighted by Crippen LogP contribution is -2.43. The van der Waals surface area contributed by atoms with Crippen molar-refractivity contribution in [2.75, 3.05) is 6.61 Å². The van der Waals surface area contributed by atoms with Crippen LogP contribution < -0.4 is 0 Å². The fraction of sp³-hybridized carbons (Fsp3) is 0.750. The Morgan fingerprint density at radius 1 is 1.16 bits per heavy atom. The zero-order valence-corrected chi connectivity index (χ0v) is 16.5. The molecule has 0 radical (unpaired) electrons. The molecule has 0 heterocycles. The van der Waals surface area contributed by atoms with Crippen molar-refractivity contribution in [3.63, 3.8) is 0 Å². The van der Waals surface area contributed by atoms with Crippen LogP contribution in [0.1, 0.15) is 0 Å². The maximum absolute atomic E-state index is 10.9. The summed E-state index contributed by atoms with van der Waals surface area (Å²) < 4.78 is 17.2.